The van der Waals surface area contributed by atoms with Gasteiger partial charge in [0.25, 0.3) is 5.56 Å². The van der Waals surface area contributed by atoms with Crippen molar-refractivity contribution in [2.24, 2.45) is 5.73 Å². The summed E-state index contributed by atoms with van der Waals surface area (Å²) in [5.41, 5.74) is 12.8. The topological polar surface area (TPSA) is 160 Å². The second-order valence-electron chi connectivity index (χ2n) is 12.7. The van der Waals surface area contributed by atoms with Crippen LogP contribution in [0, 0.1) is 0 Å². The maximum absolute atomic E-state index is 13.1. The number of amides is 1. The number of fused-ring (bicyclic) bond motifs is 2. The molecule has 0 radical (unpaired) electrons. The highest BCUT2D eigenvalue weighted by Gasteiger charge is 2.24. The number of aromatic amines is 2. The molecule has 0 unspecified atom stereocenters. The molecule has 1 amide bonds. The van der Waals surface area contributed by atoms with Gasteiger partial charge in [-0.15, -0.1) is 0 Å². The van der Waals surface area contributed by atoms with Crippen LogP contribution in [-0.2, 0) is 20.8 Å². The summed E-state index contributed by atoms with van der Waals surface area (Å²) in [4.78, 5) is 51.2. The molecule has 0 aliphatic carbocycles. The number of likely N-dealkylation sites (tertiary alicyclic amines) is 1. The van der Waals surface area contributed by atoms with Crippen LogP contribution in [0.4, 0.5) is 5.69 Å². The fourth-order valence-corrected chi connectivity index (χ4v) is 6.76. The first kappa shape index (κ1) is 34.1. The molecule has 51 heavy (non-hydrogen) atoms. The molecule has 3 aromatic carbocycles. The molecule has 0 saturated carbocycles. The number of imidazole rings is 1. The third-order valence-corrected chi connectivity index (χ3v) is 9.26. The fourth-order valence-electron chi connectivity index (χ4n) is 6.76. The highest BCUT2D eigenvalue weighted by atomic mass is 16.5. The summed E-state index contributed by atoms with van der Waals surface area (Å²) < 4.78 is 12.5. The zero-order valence-electron chi connectivity index (χ0n) is 28.3. The molecule has 1 fully saturated rings. The lowest BCUT2D eigenvalue weighted by Gasteiger charge is -2.32. The highest BCUT2D eigenvalue weighted by molar-refractivity contribution is 5.94. The summed E-state index contributed by atoms with van der Waals surface area (Å²) in [5, 5.41) is 3.43. The van der Waals surface area contributed by atoms with Gasteiger partial charge in [0.2, 0.25) is 5.91 Å². The molecule has 5 N–H and O–H groups in total. The van der Waals surface area contributed by atoms with Gasteiger partial charge in [0.1, 0.15) is 6.61 Å². The Balaban J connectivity index is 0.998. The van der Waals surface area contributed by atoms with Crippen molar-refractivity contribution in [1.29, 1.82) is 0 Å². The van der Waals surface area contributed by atoms with E-state index < -0.39 is 0 Å². The molecule has 1 aliphatic rings. The van der Waals surface area contributed by atoms with Gasteiger partial charge in [-0.05, 0) is 54.3 Å². The van der Waals surface area contributed by atoms with Crippen LogP contribution in [0.1, 0.15) is 24.4 Å². The predicted molar refractivity (Wildman–Crippen MR) is 199 cm³/mol. The number of H-pyrrole nitrogens is 2. The minimum Gasteiger partial charge on any atom is -0.378 e. The van der Waals surface area contributed by atoms with Gasteiger partial charge in [-0.2, -0.15) is 0 Å². The smallest absolute Gasteiger partial charge is 0.326 e. The number of nitrogens with zero attached hydrogens (tertiary/aromatic N) is 3. The second-order valence-corrected chi connectivity index (χ2v) is 12.7. The number of nitrogens with two attached hydrogens (primary N) is 1. The summed E-state index contributed by atoms with van der Waals surface area (Å²) >= 11 is 0. The van der Waals surface area contributed by atoms with E-state index in [0.29, 0.717) is 43.0 Å². The molecular weight excluding hydrogens is 646 g/mol. The van der Waals surface area contributed by atoms with Gasteiger partial charge in [-0.25, -0.2) is 9.78 Å². The Morgan fingerprint density at radius 3 is 2.47 bits per heavy atom. The predicted octanol–water partition coefficient (Wildman–Crippen LogP) is 4.67. The van der Waals surface area contributed by atoms with Gasteiger partial charge >= 0.3 is 5.69 Å². The number of hydrogen-bond acceptors (Lipinski definition) is 8. The van der Waals surface area contributed by atoms with Crippen LogP contribution in [-0.4, -0.2) is 76.4 Å². The van der Waals surface area contributed by atoms with E-state index in [-0.39, 0.29) is 29.8 Å². The SMILES string of the molecule is NCCOCCOCC(=O)Nc1ccc2[nH]c(=O)n(C3CCN(Cc4ccc(-c5nc6cc[nH]c(=O)c6cc5-c5ccccc5)cc4)CC3)c2c1. The Morgan fingerprint density at radius 1 is 0.902 bits per heavy atom. The third kappa shape index (κ3) is 7.84. The van der Waals surface area contributed by atoms with Crippen LogP contribution in [0.2, 0.25) is 0 Å². The van der Waals surface area contributed by atoms with Gasteiger partial charge < -0.3 is 30.5 Å². The average molecular weight is 688 g/mol. The van der Waals surface area contributed by atoms with Crippen molar-refractivity contribution >= 4 is 33.5 Å². The standard InChI is InChI=1S/C39H41N7O5/c40-15-19-50-20-21-51-25-36(47)42-29-10-11-34-35(22-29)46(39(49)44-34)30-13-17-45(18-14-30)24-26-6-8-28(9-7-26)37-31(27-4-2-1-3-5-27)23-32-33(43-37)12-16-41-38(32)48/h1-12,16,22-23,30H,13-15,17-21,24-25,40H2,(H,41,48)(H,42,47)(H,44,49). The Bertz CT molecular complexity index is 2240. The number of aromatic nitrogens is 4. The molecule has 1 aliphatic heterocycles. The summed E-state index contributed by atoms with van der Waals surface area (Å²) in [7, 11) is 0. The van der Waals surface area contributed by atoms with Gasteiger partial charge in [0.15, 0.2) is 0 Å². The molecule has 7 rings (SSSR count). The Morgan fingerprint density at radius 2 is 1.69 bits per heavy atom. The van der Waals surface area contributed by atoms with E-state index >= 15 is 0 Å². The van der Waals surface area contributed by atoms with Crippen LogP contribution in [0.3, 0.4) is 0 Å². The molecule has 1 saturated heterocycles. The van der Waals surface area contributed by atoms with E-state index in [9.17, 15) is 14.4 Å². The van der Waals surface area contributed by atoms with Crippen molar-refractivity contribution in [2.75, 3.05) is 51.4 Å². The largest absolute Gasteiger partial charge is 0.378 e. The molecule has 0 spiro atoms. The van der Waals surface area contributed by atoms with Crippen LogP contribution < -0.4 is 22.3 Å². The molecule has 6 aromatic rings. The summed E-state index contributed by atoms with van der Waals surface area (Å²) in [6, 6.07) is 27.7. The van der Waals surface area contributed by atoms with Gasteiger partial charge in [0.05, 0.1) is 47.5 Å². The normalized spacial score (nSPS) is 14.0. The number of rotatable bonds is 13. The molecule has 262 valence electrons. The Labute approximate surface area is 294 Å². The average Bonchev–Trinajstić information content (AvgIpc) is 3.48. The number of carbonyl (C=O) groups excluding carboxylic acids is 1. The zero-order valence-corrected chi connectivity index (χ0v) is 28.3. The lowest BCUT2D eigenvalue weighted by atomic mass is 9.97. The van der Waals surface area contributed by atoms with Crippen LogP contribution in [0.5, 0.6) is 0 Å². The minimum absolute atomic E-state index is 0.0373. The number of pyridine rings is 2. The number of ether oxygens (including phenoxy) is 2. The quantitative estimate of drug-likeness (QED) is 0.128. The van der Waals surface area contributed by atoms with E-state index in [1.807, 2.05) is 59.2 Å². The molecule has 0 bridgehead atoms. The van der Waals surface area contributed by atoms with E-state index in [0.717, 1.165) is 65.9 Å². The number of benzene rings is 3. The molecular formula is C39H41N7O5. The Hall–Kier alpha value is -5.40. The molecule has 4 heterocycles. The van der Waals surface area contributed by atoms with Crippen LogP contribution >= 0.6 is 0 Å². The minimum atomic E-state index is -0.277. The first-order valence-corrected chi connectivity index (χ1v) is 17.3. The second kappa shape index (κ2) is 15.7. The monoisotopic (exact) mass is 687 g/mol. The number of piperidine rings is 1. The van der Waals surface area contributed by atoms with Crippen LogP contribution in [0.25, 0.3) is 44.3 Å². The van der Waals surface area contributed by atoms with Crippen molar-refractivity contribution in [3.63, 3.8) is 0 Å². The first-order chi connectivity index (χ1) is 25.0. The number of carbonyl (C=O) groups is 1. The molecule has 12 heteroatoms. The number of nitrogens with one attached hydrogen (secondary N) is 3. The van der Waals surface area contributed by atoms with Crippen molar-refractivity contribution in [3.8, 4) is 22.4 Å². The zero-order chi connectivity index (χ0) is 35.2. The van der Waals surface area contributed by atoms with Gasteiger partial charge in [-0.3, -0.25) is 19.1 Å². The summed E-state index contributed by atoms with van der Waals surface area (Å²) in [5.74, 6) is -0.277. The molecule has 3 aromatic heterocycles. The van der Waals surface area contributed by atoms with E-state index in [4.69, 9.17) is 20.2 Å². The summed E-state index contributed by atoms with van der Waals surface area (Å²) in [6.07, 6.45) is 3.27. The van der Waals surface area contributed by atoms with E-state index in [1.165, 1.54) is 5.56 Å². The maximum Gasteiger partial charge on any atom is 0.326 e. The molecule has 0 atom stereocenters. The van der Waals surface area contributed by atoms with Crippen molar-refractivity contribution in [1.82, 2.24) is 24.4 Å². The van der Waals surface area contributed by atoms with E-state index in [1.54, 1.807) is 12.3 Å². The number of hydrogen-bond donors (Lipinski definition) is 4. The lowest BCUT2D eigenvalue weighted by Crippen LogP contribution is -2.36. The first-order valence-electron chi connectivity index (χ1n) is 17.3. The Kier molecular flexibility index (Phi) is 10.5. The van der Waals surface area contributed by atoms with Crippen molar-refractivity contribution < 1.29 is 14.3 Å². The van der Waals surface area contributed by atoms with Crippen molar-refractivity contribution in [2.45, 2.75) is 25.4 Å². The van der Waals surface area contributed by atoms with Gasteiger partial charge in [-0.1, -0.05) is 54.6 Å². The number of anilines is 1. The van der Waals surface area contributed by atoms with Crippen molar-refractivity contribution in [3.05, 3.63) is 118 Å². The van der Waals surface area contributed by atoms with Gasteiger partial charge in [0, 0.05) is 55.2 Å². The third-order valence-electron chi connectivity index (χ3n) is 9.26. The maximum atomic E-state index is 13.1. The lowest BCUT2D eigenvalue weighted by molar-refractivity contribution is -0.121. The molecule has 12 nitrogen and oxygen atoms in total. The highest BCUT2D eigenvalue weighted by Crippen LogP contribution is 2.33. The van der Waals surface area contributed by atoms with E-state index in [2.05, 4.69) is 44.5 Å². The fraction of sp³-hybridized carbons (Fsp3) is 0.282. The van der Waals surface area contributed by atoms with Crippen LogP contribution in [0.15, 0.2) is 101 Å². The summed E-state index contributed by atoms with van der Waals surface area (Å²) in [6.45, 7) is 3.95.